The average Bonchev–Trinajstić information content (AvgIpc) is 3.03. The van der Waals surface area contributed by atoms with E-state index in [1.165, 1.54) is 24.1 Å². The Labute approximate surface area is 226 Å². The van der Waals surface area contributed by atoms with Crippen molar-refractivity contribution in [3.05, 3.63) is 94.9 Å². The summed E-state index contributed by atoms with van der Waals surface area (Å²) in [6, 6.07) is 17.7. The van der Waals surface area contributed by atoms with Gasteiger partial charge in [0.1, 0.15) is 36.2 Å². The molecule has 7 nitrogen and oxygen atoms in total. The van der Waals surface area contributed by atoms with Gasteiger partial charge in [-0.2, -0.15) is 0 Å². The van der Waals surface area contributed by atoms with Crippen molar-refractivity contribution < 1.29 is 28.6 Å². The lowest BCUT2D eigenvalue weighted by Crippen LogP contribution is -2.41. The Morgan fingerprint density at radius 2 is 1.87 bits per heavy atom. The summed E-state index contributed by atoms with van der Waals surface area (Å²) < 4.78 is 26.9. The fraction of sp³-hybridized carbons (Fsp3) is 0.290. The molecular formula is C31H31FN2O5. The topological polar surface area (TPSA) is 88.1 Å². The SMILES string of the molecule is COCC(=O)N1c2cccc(O)c2NC2=C(C(=O)CC(C)(C)C2)[C@@H]1c1ccc(OCc2ccccc2)cc1F. The maximum absolute atomic E-state index is 16.0. The largest absolute Gasteiger partial charge is 0.506 e. The molecule has 2 aliphatic rings. The number of carbonyl (C=O) groups is 2. The van der Waals surface area contributed by atoms with E-state index in [4.69, 9.17) is 9.47 Å². The van der Waals surface area contributed by atoms with Gasteiger partial charge in [-0.3, -0.25) is 14.5 Å². The Bertz CT molecular complexity index is 1450. The second kappa shape index (κ2) is 10.5. The van der Waals surface area contributed by atoms with Crippen molar-refractivity contribution in [2.45, 2.75) is 39.3 Å². The molecule has 3 aromatic rings. The third-order valence-electron chi connectivity index (χ3n) is 7.06. The van der Waals surface area contributed by atoms with Gasteiger partial charge >= 0.3 is 0 Å². The third kappa shape index (κ3) is 5.25. The van der Waals surface area contributed by atoms with Crippen LogP contribution in [0.5, 0.6) is 11.5 Å². The number of Topliss-reactive ketones (excluding diaryl/α,β-unsaturated/α-hetero) is 1. The highest BCUT2D eigenvalue weighted by molar-refractivity contribution is 6.07. The number of anilines is 2. The van der Waals surface area contributed by atoms with E-state index in [1.54, 1.807) is 24.3 Å². The Morgan fingerprint density at radius 3 is 2.59 bits per heavy atom. The highest BCUT2D eigenvalue weighted by Gasteiger charge is 2.44. The highest BCUT2D eigenvalue weighted by Crippen LogP contribution is 2.50. The van der Waals surface area contributed by atoms with Crippen LogP contribution < -0.4 is 15.0 Å². The van der Waals surface area contributed by atoms with E-state index in [9.17, 15) is 14.7 Å². The molecule has 0 unspecified atom stereocenters. The lowest BCUT2D eigenvalue weighted by Gasteiger charge is -2.37. The van der Waals surface area contributed by atoms with Gasteiger partial charge < -0.3 is 19.9 Å². The van der Waals surface area contributed by atoms with Crippen LogP contribution in [0.3, 0.4) is 0 Å². The maximum Gasteiger partial charge on any atom is 0.253 e. The summed E-state index contributed by atoms with van der Waals surface area (Å²) in [5.74, 6) is -1.05. The zero-order chi connectivity index (χ0) is 27.7. The van der Waals surface area contributed by atoms with Crippen LogP contribution in [-0.4, -0.2) is 30.5 Å². The van der Waals surface area contributed by atoms with E-state index in [-0.39, 0.29) is 47.8 Å². The summed E-state index contributed by atoms with van der Waals surface area (Å²) >= 11 is 0. The van der Waals surface area contributed by atoms with E-state index in [2.05, 4.69) is 5.32 Å². The van der Waals surface area contributed by atoms with Gasteiger partial charge in [-0.05, 0) is 41.7 Å². The van der Waals surface area contributed by atoms with E-state index < -0.39 is 17.8 Å². The van der Waals surface area contributed by atoms with Gasteiger partial charge in [0.05, 0.1) is 11.7 Å². The van der Waals surface area contributed by atoms with Crippen LogP contribution >= 0.6 is 0 Å². The number of allylic oxidation sites excluding steroid dienone is 1. The second-order valence-electron chi connectivity index (χ2n) is 10.7. The van der Waals surface area contributed by atoms with Crippen LogP contribution in [0.15, 0.2) is 78.0 Å². The molecular weight excluding hydrogens is 499 g/mol. The summed E-state index contributed by atoms with van der Waals surface area (Å²) in [6.45, 7) is 3.93. The van der Waals surface area contributed by atoms with Crippen LogP contribution in [0.1, 0.15) is 43.9 Å². The molecule has 0 saturated carbocycles. The van der Waals surface area contributed by atoms with Crippen LogP contribution in [-0.2, 0) is 20.9 Å². The number of hydrogen-bond donors (Lipinski definition) is 2. The van der Waals surface area contributed by atoms with Gasteiger partial charge in [0, 0.05) is 36.4 Å². The lowest BCUT2D eigenvalue weighted by atomic mass is 9.73. The number of hydrogen-bond acceptors (Lipinski definition) is 6. The molecule has 2 N–H and O–H groups in total. The van der Waals surface area contributed by atoms with E-state index in [0.29, 0.717) is 29.1 Å². The zero-order valence-electron chi connectivity index (χ0n) is 22.2. The van der Waals surface area contributed by atoms with Crippen LogP contribution in [0.4, 0.5) is 15.8 Å². The van der Waals surface area contributed by atoms with Crippen LogP contribution in [0.25, 0.3) is 0 Å². The average molecular weight is 531 g/mol. The molecule has 1 atom stereocenters. The molecule has 8 heteroatoms. The number of halogens is 1. The fourth-order valence-corrected chi connectivity index (χ4v) is 5.37. The molecule has 3 aromatic carbocycles. The minimum Gasteiger partial charge on any atom is -0.506 e. The molecule has 0 spiro atoms. The summed E-state index contributed by atoms with van der Waals surface area (Å²) in [4.78, 5) is 28.6. The van der Waals surface area contributed by atoms with Crippen molar-refractivity contribution in [2.24, 2.45) is 5.41 Å². The quantitative estimate of drug-likeness (QED) is 0.386. The zero-order valence-corrected chi connectivity index (χ0v) is 22.2. The number of phenolic OH excluding ortho intramolecular Hbond substituents is 1. The predicted octanol–water partition coefficient (Wildman–Crippen LogP) is 5.90. The molecule has 1 amide bonds. The number of phenols is 1. The number of rotatable bonds is 6. The van der Waals surface area contributed by atoms with Gasteiger partial charge in [0.2, 0.25) is 0 Å². The Kier molecular flexibility index (Phi) is 7.14. The first-order chi connectivity index (χ1) is 18.7. The Morgan fingerprint density at radius 1 is 1.10 bits per heavy atom. The lowest BCUT2D eigenvalue weighted by molar-refractivity contribution is -0.122. The Hall–Kier alpha value is -4.17. The van der Waals surface area contributed by atoms with Gasteiger partial charge in [0.25, 0.3) is 5.91 Å². The molecule has 5 rings (SSSR count). The minimum absolute atomic E-state index is 0.0869. The molecule has 1 aliphatic carbocycles. The smallest absolute Gasteiger partial charge is 0.253 e. The standard InChI is InChI=1S/C31H31FN2O5/c1-31(2)15-23-28(26(36)16-31)30(34(27(37)18-38-3)24-10-7-11-25(35)29(24)33-23)21-13-12-20(14-22(21)32)39-17-19-8-5-4-6-9-19/h4-14,30,33,35H,15-18H2,1-3H3/t30-/m0/s1. The number of ether oxygens (including phenoxy) is 2. The molecule has 1 aliphatic heterocycles. The summed E-state index contributed by atoms with van der Waals surface area (Å²) in [5.41, 5.74) is 2.18. The predicted molar refractivity (Wildman–Crippen MR) is 146 cm³/mol. The van der Waals surface area contributed by atoms with Crippen LogP contribution in [0, 0.1) is 11.2 Å². The minimum atomic E-state index is -1.08. The number of amides is 1. The van der Waals surface area contributed by atoms with Gasteiger partial charge in [-0.1, -0.05) is 50.2 Å². The number of benzene rings is 3. The summed E-state index contributed by atoms with van der Waals surface area (Å²) in [6.07, 6.45) is 0.711. The molecule has 0 radical (unpaired) electrons. The summed E-state index contributed by atoms with van der Waals surface area (Å²) in [7, 11) is 1.39. The number of carbonyl (C=O) groups excluding carboxylic acids is 2. The van der Waals surface area contributed by atoms with Crippen molar-refractivity contribution in [1.29, 1.82) is 0 Å². The van der Waals surface area contributed by atoms with Crippen LogP contribution in [0.2, 0.25) is 0 Å². The second-order valence-corrected chi connectivity index (χ2v) is 10.7. The number of nitrogens with zero attached hydrogens (tertiary/aromatic N) is 1. The first kappa shape index (κ1) is 26.4. The van der Waals surface area contributed by atoms with E-state index in [1.807, 2.05) is 44.2 Å². The van der Waals surface area contributed by atoms with Gasteiger partial charge in [-0.25, -0.2) is 4.39 Å². The number of nitrogens with one attached hydrogen (secondary N) is 1. The first-order valence-corrected chi connectivity index (χ1v) is 12.8. The molecule has 39 heavy (non-hydrogen) atoms. The van der Waals surface area contributed by atoms with Crippen molar-refractivity contribution in [3.63, 3.8) is 0 Å². The van der Waals surface area contributed by atoms with Gasteiger partial charge in [0.15, 0.2) is 5.78 Å². The molecule has 0 bridgehead atoms. The van der Waals surface area contributed by atoms with Crippen molar-refractivity contribution in [3.8, 4) is 11.5 Å². The highest BCUT2D eigenvalue weighted by atomic mass is 19.1. The van der Waals surface area contributed by atoms with E-state index >= 15 is 4.39 Å². The molecule has 0 aromatic heterocycles. The molecule has 0 saturated heterocycles. The third-order valence-corrected chi connectivity index (χ3v) is 7.06. The first-order valence-electron chi connectivity index (χ1n) is 12.8. The Balaban J connectivity index is 1.65. The summed E-state index contributed by atoms with van der Waals surface area (Å²) in [5, 5.41) is 14.0. The monoisotopic (exact) mass is 530 g/mol. The number of ketones is 1. The molecule has 1 heterocycles. The van der Waals surface area contributed by atoms with Crippen molar-refractivity contribution in [2.75, 3.05) is 23.9 Å². The number of aromatic hydroxyl groups is 1. The number of methoxy groups -OCH3 is 1. The fourth-order valence-electron chi connectivity index (χ4n) is 5.37. The molecule has 0 fully saturated rings. The van der Waals surface area contributed by atoms with Gasteiger partial charge in [-0.15, -0.1) is 0 Å². The molecule has 202 valence electrons. The number of fused-ring (bicyclic) bond motifs is 1. The van der Waals surface area contributed by atoms with E-state index in [0.717, 1.165) is 5.56 Å². The number of para-hydroxylation sites is 1. The normalized spacial score (nSPS) is 18.1. The van der Waals surface area contributed by atoms with Crippen molar-refractivity contribution >= 4 is 23.1 Å². The van der Waals surface area contributed by atoms with Crippen molar-refractivity contribution in [1.82, 2.24) is 0 Å². The maximum atomic E-state index is 16.0.